The van der Waals surface area contributed by atoms with Gasteiger partial charge in [-0.05, 0) is 44.0 Å². The maximum Gasteiger partial charge on any atom is 0.0819 e. The number of halogens is 1. The largest absolute Gasteiger partial charge is 0.388 e. The first-order chi connectivity index (χ1) is 6.57. The fraction of sp³-hybridized carbons (Fsp3) is 0.455. The molecule has 0 aliphatic heterocycles. The van der Waals surface area contributed by atoms with E-state index in [9.17, 15) is 5.11 Å². The molecule has 0 heterocycles. The summed E-state index contributed by atoms with van der Waals surface area (Å²) in [7, 11) is 0. The van der Waals surface area contributed by atoms with Gasteiger partial charge >= 0.3 is 0 Å². The van der Waals surface area contributed by atoms with Gasteiger partial charge in [-0.2, -0.15) is 0 Å². The summed E-state index contributed by atoms with van der Waals surface area (Å²) < 4.78 is 0. The second kappa shape index (κ2) is 4.78. The maximum atomic E-state index is 9.84. The van der Waals surface area contributed by atoms with Crippen LogP contribution in [0.3, 0.4) is 0 Å². The van der Waals surface area contributed by atoms with E-state index in [1.165, 1.54) is 0 Å². The minimum absolute atomic E-state index is 0.463. The van der Waals surface area contributed by atoms with Crippen molar-refractivity contribution in [2.45, 2.75) is 26.4 Å². The molecule has 2 nitrogen and oxygen atoms in total. The van der Waals surface area contributed by atoms with Crippen LogP contribution >= 0.6 is 11.6 Å². The lowest BCUT2D eigenvalue weighted by Gasteiger charge is -2.16. The van der Waals surface area contributed by atoms with E-state index in [-0.39, 0.29) is 0 Å². The fourth-order valence-corrected chi connectivity index (χ4v) is 1.85. The van der Waals surface area contributed by atoms with Crippen molar-refractivity contribution in [3.05, 3.63) is 33.8 Å². The zero-order chi connectivity index (χ0) is 10.7. The van der Waals surface area contributed by atoms with Crippen molar-refractivity contribution >= 4 is 11.6 Å². The second-order valence-electron chi connectivity index (χ2n) is 3.50. The summed E-state index contributed by atoms with van der Waals surface area (Å²) in [5.74, 6) is 0. The molecule has 3 heteroatoms. The molecule has 0 aliphatic rings. The number of nitrogens with two attached hydrogens (primary N) is 1. The van der Waals surface area contributed by atoms with Gasteiger partial charge in [-0.25, -0.2) is 0 Å². The van der Waals surface area contributed by atoms with Crippen LogP contribution < -0.4 is 5.73 Å². The quantitative estimate of drug-likeness (QED) is 0.810. The van der Waals surface area contributed by atoms with Crippen molar-refractivity contribution in [1.82, 2.24) is 0 Å². The molecule has 14 heavy (non-hydrogen) atoms. The van der Waals surface area contributed by atoms with Gasteiger partial charge in [0.05, 0.1) is 6.10 Å². The average Bonchev–Trinajstić information content (AvgIpc) is 2.13. The first-order valence-electron chi connectivity index (χ1n) is 4.71. The summed E-state index contributed by atoms with van der Waals surface area (Å²) in [5.41, 5.74) is 8.41. The Bertz CT molecular complexity index is 325. The molecule has 78 valence electrons. The van der Waals surface area contributed by atoms with Crippen molar-refractivity contribution < 1.29 is 5.11 Å². The smallest absolute Gasteiger partial charge is 0.0819 e. The number of benzene rings is 1. The van der Waals surface area contributed by atoms with Gasteiger partial charge in [-0.15, -0.1) is 0 Å². The molecule has 0 fully saturated rings. The molecule has 0 saturated heterocycles. The van der Waals surface area contributed by atoms with E-state index in [0.717, 1.165) is 16.7 Å². The zero-order valence-electron chi connectivity index (χ0n) is 8.55. The zero-order valence-corrected chi connectivity index (χ0v) is 9.30. The monoisotopic (exact) mass is 213 g/mol. The summed E-state index contributed by atoms with van der Waals surface area (Å²) in [6.07, 6.45) is -0.00306. The highest BCUT2D eigenvalue weighted by atomic mass is 35.5. The first-order valence-corrected chi connectivity index (χ1v) is 5.09. The Kier molecular flexibility index (Phi) is 3.93. The van der Waals surface area contributed by atoms with Crippen molar-refractivity contribution in [2.75, 3.05) is 6.54 Å². The SMILES string of the molecule is Cc1ccc(Cl)c(C(O)CCN)c1C. The summed E-state index contributed by atoms with van der Waals surface area (Å²) in [5, 5.41) is 10.5. The number of aliphatic hydroxyl groups excluding tert-OH is 1. The standard InChI is InChI=1S/C11H16ClNO/c1-7-3-4-9(12)11(8(7)2)10(14)5-6-13/h3-4,10,14H,5-6,13H2,1-2H3. The van der Waals surface area contributed by atoms with E-state index in [4.69, 9.17) is 17.3 Å². The van der Waals surface area contributed by atoms with Crippen LogP contribution in [-0.4, -0.2) is 11.7 Å². The third-order valence-corrected chi connectivity index (χ3v) is 2.84. The third-order valence-electron chi connectivity index (χ3n) is 2.51. The number of aryl methyl sites for hydroxylation is 1. The minimum atomic E-state index is -0.549. The van der Waals surface area contributed by atoms with Gasteiger partial charge in [0.2, 0.25) is 0 Å². The minimum Gasteiger partial charge on any atom is -0.388 e. The van der Waals surface area contributed by atoms with Gasteiger partial charge in [0.15, 0.2) is 0 Å². The van der Waals surface area contributed by atoms with Crippen LogP contribution in [0, 0.1) is 13.8 Å². The molecule has 0 amide bonds. The Labute approximate surface area is 89.7 Å². The van der Waals surface area contributed by atoms with E-state index in [2.05, 4.69) is 0 Å². The van der Waals surface area contributed by atoms with Gasteiger partial charge in [-0.3, -0.25) is 0 Å². The number of hydrogen-bond acceptors (Lipinski definition) is 2. The summed E-state index contributed by atoms with van der Waals surface area (Å²) >= 11 is 6.03. The van der Waals surface area contributed by atoms with Gasteiger partial charge < -0.3 is 10.8 Å². The third kappa shape index (κ3) is 2.27. The van der Waals surface area contributed by atoms with Gasteiger partial charge in [0.25, 0.3) is 0 Å². The summed E-state index contributed by atoms with van der Waals surface area (Å²) in [4.78, 5) is 0. The normalized spacial score (nSPS) is 12.9. The topological polar surface area (TPSA) is 46.2 Å². The predicted molar refractivity (Wildman–Crippen MR) is 59.6 cm³/mol. The van der Waals surface area contributed by atoms with E-state index in [1.54, 1.807) is 0 Å². The molecule has 1 unspecified atom stereocenters. The highest BCUT2D eigenvalue weighted by Crippen LogP contribution is 2.29. The molecule has 3 N–H and O–H groups in total. The fourth-order valence-electron chi connectivity index (χ4n) is 1.52. The molecule has 0 radical (unpaired) electrons. The number of rotatable bonds is 3. The van der Waals surface area contributed by atoms with Crippen LogP contribution in [0.4, 0.5) is 0 Å². The van der Waals surface area contributed by atoms with Gasteiger partial charge in [-0.1, -0.05) is 17.7 Å². The Hall–Kier alpha value is -0.570. The molecule has 1 aromatic rings. The summed E-state index contributed by atoms with van der Waals surface area (Å²) in [6, 6.07) is 3.77. The van der Waals surface area contributed by atoms with Crippen LogP contribution in [0.25, 0.3) is 0 Å². The molecule has 1 atom stereocenters. The van der Waals surface area contributed by atoms with Crippen LogP contribution in [0.15, 0.2) is 12.1 Å². The Morgan fingerprint density at radius 3 is 2.64 bits per heavy atom. The first kappa shape index (κ1) is 11.5. The second-order valence-corrected chi connectivity index (χ2v) is 3.90. The van der Waals surface area contributed by atoms with Crippen LogP contribution in [0.1, 0.15) is 29.2 Å². The molecule has 0 saturated carbocycles. The summed E-state index contributed by atoms with van der Waals surface area (Å²) in [6.45, 7) is 4.44. The predicted octanol–water partition coefficient (Wildman–Crippen LogP) is 2.34. The van der Waals surface area contributed by atoms with E-state index >= 15 is 0 Å². The van der Waals surface area contributed by atoms with Crippen LogP contribution in [0.5, 0.6) is 0 Å². The van der Waals surface area contributed by atoms with E-state index < -0.39 is 6.10 Å². The van der Waals surface area contributed by atoms with E-state index in [0.29, 0.717) is 18.0 Å². The lowest BCUT2D eigenvalue weighted by Crippen LogP contribution is -2.09. The Morgan fingerprint density at radius 2 is 2.07 bits per heavy atom. The molecule has 0 aliphatic carbocycles. The molecular formula is C11H16ClNO. The van der Waals surface area contributed by atoms with Crippen molar-refractivity contribution in [3.63, 3.8) is 0 Å². The molecule has 1 aromatic carbocycles. The lowest BCUT2D eigenvalue weighted by molar-refractivity contribution is 0.169. The van der Waals surface area contributed by atoms with Crippen molar-refractivity contribution in [3.8, 4) is 0 Å². The number of hydrogen-bond donors (Lipinski definition) is 2. The average molecular weight is 214 g/mol. The molecule has 0 aromatic heterocycles. The Balaban J connectivity index is 3.11. The maximum absolute atomic E-state index is 9.84. The van der Waals surface area contributed by atoms with Crippen molar-refractivity contribution in [1.29, 1.82) is 0 Å². The van der Waals surface area contributed by atoms with Crippen LogP contribution in [-0.2, 0) is 0 Å². The van der Waals surface area contributed by atoms with E-state index in [1.807, 2.05) is 26.0 Å². The van der Waals surface area contributed by atoms with Crippen LogP contribution in [0.2, 0.25) is 5.02 Å². The molecular weight excluding hydrogens is 198 g/mol. The highest BCUT2D eigenvalue weighted by molar-refractivity contribution is 6.31. The van der Waals surface area contributed by atoms with Gasteiger partial charge in [0, 0.05) is 10.6 Å². The molecule has 0 bridgehead atoms. The van der Waals surface area contributed by atoms with Crippen molar-refractivity contribution in [2.24, 2.45) is 5.73 Å². The Morgan fingerprint density at radius 1 is 1.43 bits per heavy atom. The highest BCUT2D eigenvalue weighted by Gasteiger charge is 2.14. The molecule has 0 spiro atoms. The molecule has 1 rings (SSSR count). The van der Waals surface area contributed by atoms with Gasteiger partial charge in [0.1, 0.15) is 0 Å². The number of aliphatic hydroxyl groups is 1. The lowest BCUT2D eigenvalue weighted by atomic mass is 9.97.